The summed E-state index contributed by atoms with van der Waals surface area (Å²) in [6.45, 7) is 2.39. The van der Waals surface area contributed by atoms with E-state index in [4.69, 9.17) is 11.6 Å². The standard InChI is InChI=1S/C27H27ClF3N3O4S/c1-18-9-11-20(12-10-18)16-33(19(2)26(36)32-3)25(35)17-34(39(37,38)22-7-5-4-6-8-22)24-15-21(27(29,30)31)13-14-23(24)28/h4-15,19H,16-17H2,1-3H3,(H,32,36)/t19-/m1/s1. The second kappa shape index (κ2) is 12.1. The third-order valence-corrected chi connectivity index (χ3v) is 8.13. The molecule has 2 amide bonds. The highest BCUT2D eigenvalue weighted by atomic mass is 35.5. The van der Waals surface area contributed by atoms with Crippen LogP contribution in [0.1, 0.15) is 23.6 Å². The average molecular weight is 582 g/mol. The van der Waals surface area contributed by atoms with Gasteiger partial charge in [0.05, 0.1) is 21.2 Å². The number of hydrogen-bond donors (Lipinski definition) is 1. The van der Waals surface area contributed by atoms with Crippen LogP contribution in [0.5, 0.6) is 0 Å². The number of rotatable bonds is 9. The van der Waals surface area contributed by atoms with Crippen molar-refractivity contribution in [1.82, 2.24) is 10.2 Å². The molecule has 0 aliphatic carbocycles. The number of anilines is 1. The molecule has 0 fully saturated rings. The number of aryl methyl sites for hydroxylation is 1. The van der Waals surface area contributed by atoms with Gasteiger partial charge in [-0.05, 0) is 49.7 Å². The van der Waals surface area contributed by atoms with Gasteiger partial charge in [-0.15, -0.1) is 0 Å². The molecule has 0 bridgehead atoms. The molecular formula is C27H27ClF3N3O4S. The van der Waals surface area contributed by atoms with Gasteiger partial charge in [-0.1, -0.05) is 59.6 Å². The molecule has 0 spiro atoms. The number of benzene rings is 3. The van der Waals surface area contributed by atoms with Gasteiger partial charge in [-0.2, -0.15) is 13.2 Å². The third-order valence-electron chi connectivity index (χ3n) is 6.04. The Morgan fingerprint density at radius 2 is 1.62 bits per heavy atom. The Bertz CT molecular complexity index is 1430. The Balaban J connectivity index is 2.12. The van der Waals surface area contributed by atoms with Crippen LogP contribution in [0.2, 0.25) is 5.02 Å². The summed E-state index contributed by atoms with van der Waals surface area (Å²) in [5.74, 6) is -1.33. The topological polar surface area (TPSA) is 86.8 Å². The number of carbonyl (C=O) groups excluding carboxylic acids is 2. The van der Waals surface area contributed by atoms with Gasteiger partial charge in [0.15, 0.2) is 0 Å². The molecular weight excluding hydrogens is 555 g/mol. The first-order valence-corrected chi connectivity index (χ1v) is 13.6. The lowest BCUT2D eigenvalue weighted by Gasteiger charge is -2.32. The van der Waals surface area contributed by atoms with Gasteiger partial charge in [0, 0.05) is 13.6 Å². The van der Waals surface area contributed by atoms with Gasteiger partial charge < -0.3 is 10.2 Å². The van der Waals surface area contributed by atoms with Crippen LogP contribution >= 0.6 is 11.6 Å². The number of nitrogens with one attached hydrogen (secondary N) is 1. The molecule has 0 heterocycles. The van der Waals surface area contributed by atoms with Crippen LogP contribution in [0.15, 0.2) is 77.7 Å². The predicted octanol–water partition coefficient (Wildman–Crippen LogP) is 5.03. The lowest BCUT2D eigenvalue weighted by Crippen LogP contribution is -2.50. The zero-order valence-electron chi connectivity index (χ0n) is 21.4. The van der Waals surface area contributed by atoms with Crippen molar-refractivity contribution >= 4 is 39.1 Å². The van der Waals surface area contributed by atoms with Gasteiger partial charge >= 0.3 is 6.18 Å². The van der Waals surface area contributed by atoms with E-state index in [2.05, 4.69) is 5.32 Å². The molecule has 0 saturated heterocycles. The maximum atomic E-state index is 13.7. The van der Waals surface area contributed by atoms with Crippen LogP contribution in [-0.4, -0.2) is 44.8 Å². The first-order chi connectivity index (χ1) is 18.3. The van der Waals surface area contributed by atoms with E-state index in [-0.39, 0.29) is 16.5 Å². The number of likely N-dealkylation sites (N-methyl/N-ethyl adjacent to an activating group) is 1. The number of alkyl halides is 3. The Kier molecular flexibility index (Phi) is 9.29. The molecule has 1 atom stereocenters. The fourth-order valence-electron chi connectivity index (χ4n) is 3.79. The van der Waals surface area contributed by atoms with Crippen LogP contribution in [0.25, 0.3) is 0 Å². The summed E-state index contributed by atoms with van der Waals surface area (Å²) in [6.07, 6.45) is -4.79. The first kappa shape index (κ1) is 30.0. The van der Waals surface area contributed by atoms with Crippen molar-refractivity contribution in [3.63, 3.8) is 0 Å². The van der Waals surface area contributed by atoms with E-state index in [1.54, 1.807) is 18.2 Å². The molecule has 0 radical (unpaired) electrons. The summed E-state index contributed by atoms with van der Waals surface area (Å²) in [5.41, 5.74) is -0.0287. The van der Waals surface area contributed by atoms with Crippen LogP contribution < -0.4 is 9.62 Å². The molecule has 0 saturated carbocycles. The minimum absolute atomic E-state index is 0.0523. The van der Waals surface area contributed by atoms with Crippen LogP contribution in [0.3, 0.4) is 0 Å². The minimum Gasteiger partial charge on any atom is -0.357 e. The lowest BCUT2D eigenvalue weighted by molar-refractivity contribution is -0.139. The summed E-state index contributed by atoms with van der Waals surface area (Å²) >= 11 is 6.22. The number of hydrogen-bond acceptors (Lipinski definition) is 4. The van der Waals surface area contributed by atoms with Gasteiger partial charge in [-0.3, -0.25) is 13.9 Å². The van der Waals surface area contributed by atoms with Crippen molar-refractivity contribution in [2.75, 3.05) is 17.9 Å². The second-order valence-electron chi connectivity index (χ2n) is 8.79. The Hall–Kier alpha value is -3.57. The van der Waals surface area contributed by atoms with Gasteiger partial charge in [0.1, 0.15) is 12.6 Å². The van der Waals surface area contributed by atoms with Gasteiger partial charge in [0.25, 0.3) is 10.0 Å². The van der Waals surface area contributed by atoms with E-state index in [9.17, 15) is 31.2 Å². The van der Waals surface area contributed by atoms with Crippen molar-refractivity contribution in [2.45, 2.75) is 37.5 Å². The quantitative estimate of drug-likeness (QED) is 0.384. The number of halogens is 4. The number of amides is 2. The molecule has 3 rings (SSSR count). The molecule has 7 nitrogen and oxygen atoms in total. The van der Waals surface area contributed by atoms with Gasteiger partial charge in [-0.25, -0.2) is 8.42 Å². The highest BCUT2D eigenvalue weighted by Gasteiger charge is 2.36. The summed E-state index contributed by atoms with van der Waals surface area (Å²) in [4.78, 5) is 27.1. The first-order valence-electron chi connectivity index (χ1n) is 11.8. The van der Waals surface area contributed by atoms with Crippen molar-refractivity contribution in [2.24, 2.45) is 0 Å². The average Bonchev–Trinajstić information content (AvgIpc) is 2.90. The highest BCUT2D eigenvalue weighted by molar-refractivity contribution is 7.92. The summed E-state index contributed by atoms with van der Waals surface area (Å²) < 4.78 is 68.6. The maximum Gasteiger partial charge on any atom is 0.416 e. The number of sulfonamides is 1. The van der Waals surface area contributed by atoms with Crippen LogP contribution in [-0.2, 0) is 32.3 Å². The van der Waals surface area contributed by atoms with E-state index in [0.717, 1.165) is 17.7 Å². The molecule has 3 aromatic rings. The molecule has 12 heteroatoms. The van der Waals surface area contributed by atoms with Crippen molar-refractivity contribution in [3.8, 4) is 0 Å². The summed E-state index contributed by atoms with van der Waals surface area (Å²) in [5, 5.41) is 2.15. The third kappa shape index (κ3) is 7.10. The fraction of sp³-hybridized carbons (Fsp3) is 0.259. The van der Waals surface area contributed by atoms with Crippen molar-refractivity contribution in [3.05, 3.63) is 94.5 Å². The van der Waals surface area contributed by atoms with E-state index in [0.29, 0.717) is 15.9 Å². The zero-order chi connectivity index (χ0) is 29.0. The molecule has 0 aliphatic heterocycles. The maximum absolute atomic E-state index is 13.7. The predicted molar refractivity (Wildman–Crippen MR) is 143 cm³/mol. The Morgan fingerprint density at radius 1 is 1.00 bits per heavy atom. The Labute approximate surface area is 230 Å². The molecule has 3 aromatic carbocycles. The van der Waals surface area contributed by atoms with E-state index in [1.165, 1.54) is 43.1 Å². The van der Waals surface area contributed by atoms with Crippen molar-refractivity contribution in [1.29, 1.82) is 0 Å². The molecule has 0 unspecified atom stereocenters. The molecule has 1 N–H and O–H groups in total. The second-order valence-corrected chi connectivity index (χ2v) is 11.1. The fourth-order valence-corrected chi connectivity index (χ4v) is 5.51. The van der Waals surface area contributed by atoms with Crippen LogP contribution in [0, 0.1) is 6.92 Å². The summed E-state index contributed by atoms with van der Waals surface area (Å²) in [7, 11) is -3.17. The zero-order valence-corrected chi connectivity index (χ0v) is 22.9. The number of nitrogens with zero attached hydrogens (tertiary/aromatic N) is 2. The normalized spacial score (nSPS) is 12.5. The van der Waals surface area contributed by atoms with E-state index >= 15 is 0 Å². The molecule has 0 aromatic heterocycles. The minimum atomic E-state index is -4.79. The van der Waals surface area contributed by atoms with Crippen LogP contribution in [0.4, 0.5) is 18.9 Å². The molecule has 208 valence electrons. The molecule has 39 heavy (non-hydrogen) atoms. The summed E-state index contributed by atoms with van der Waals surface area (Å²) in [6, 6.07) is 15.3. The smallest absolute Gasteiger partial charge is 0.357 e. The number of carbonyl (C=O) groups is 2. The van der Waals surface area contributed by atoms with E-state index < -0.39 is 51.9 Å². The SMILES string of the molecule is CNC(=O)[C@@H](C)N(Cc1ccc(C)cc1)C(=O)CN(c1cc(C(F)(F)F)ccc1Cl)S(=O)(=O)c1ccccc1. The van der Waals surface area contributed by atoms with Gasteiger partial charge in [0.2, 0.25) is 11.8 Å². The largest absolute Gasteiger partial charge is 0.416 e. The van der Waals surface area contributed by atoms with Crippen molar-refractivity contribution < 1.29 is 31.2 Å². The molecule has 0 aliphatic rings. The highest BCUT2D eigenvalue weighted by Crippen LogP contribution is 2.37. The van der Waals surface area contributed by atoms with E-state index in [1.807, 2.05) is 19.1 Å². The Morgan fingerprint density at radius 3 is 2.18 bits per heavy atom. The monoisotopic (exact) mass is 581 g/mol. The lowest BCUT2D eigenvalue weighted by atomic mass is 10.1.